The van der Waals surface area contributed by atoms with E-state index in [0.29, 0.717) is 54.1 Å². The van der Waals surface area contributed by atoms with E-state index in [2.05, 4.69) is 15.6 Å². The van der Waals surface area contributed by atoms with Gasteiger partial charge in [0.25, 0.3) is 5.91 Å². The summed E-state index contributed by atoms with van der Waals surface area (Å²) in [6.45, 7) is 2.41. The molecule has 0 radical (unpaired) electrons. The highest BCUT2D eigenvalue weighted by molar-refractivity contribution is 7.09. The second kappa shape index (κ2) is 13.2. The highest BCUT2D eigenvalue weighted by Gasteiger charge is 2.18. The number of hydrogen-bond donors (Lipinski definition) is 2. The summed E-state index contributed by atoms with van der Waals surface area (Å²) >= 11 is 7.34. The zero-order valence-corrected chi connectivity index (χ0v) is 18.7. The van der Waals surface area contributed by atoms with Gasteiger partial charge in [-0.1, -0.05) is 17.7 Å². The lowest BCUT2D eigenvalue weighted by atomic mass is 10.3. The number of nitrogens with zero attached hydrogens (tertiary/aromatic N) is 2. The number of urea groups is 1. The van der Waals surface area contributed by atoms with Crippen LogP contribution in [-0.4, -0.2) is 62.3 Å². The van der Waals surface area contributed by atoms with Gasteiger partial charge in [-0.25, -0.2) is 9.78 Å². The average molecular weight is 455 g/mol. The summed E-state index contributed by atoms with van der Waals surface area (Å²) in [6.07, 6.45) is 1.41. The summed E-state index contributed by atoms with van der Waals surface area (Å²) in [4.78, 5) is 31.0. The number of hydrogen-bond acceptors (Lipinski definition) is 6. The first-order valence-corrected chi connectivity index (χ1v) is 10.8. The van der Waals surface area contributed by atoms with Crippen molar-refractivity contribution >= 4 is 40.6 Å². The first-order valence-electron chi connectivity index (χ1n) is 9.55. The minimum absolute atomic E-state index is 0.233. The predicted molar refractivity (Wildman–Crippen MR) is 118 cm³/mol. The van der Waals surface area contributed by atoms with Crippen molar-refractivity contribution in [2.24, 2.45) is 0 Å². The van der Waals surface area contributed by atoms with Gasteiger partial charge in [0.1, 0.15) is 10.7 Å². The van der Waals surface area contributed by atoms with Gasteiger partial charge in [-0.3, -0.25) is 4.79 Å². The Hall–Kier alpha value is -2.20. The fourth-order valence-corrected chi connectivity index (χ4v) is 3.56. The van der Waals surface area contributed by atoms with Gasteiger partial charge in [0.15, 0.2) is 0 Å². The van der Waals surface area contributed by atoms with Crippen LogP contribution in [0.3, 0.4) is 0 Å². The number of carbonyl (C=O) groups is 2. The van der Waals surface area contributed by atoms with Crippen molar-refractivity contribution in [1.82, 2.24) is 15.2 Å². The number of methoxy groups -OCH3 is 2. The molecule has 0 aliphatic carbocycles. The SMILES string of the molecule is COCCCNC(=O)c1csc(CN(CCCOC)C(=O)Nc2cccc(Cl)c2)n1. The summed E-state index contributed by atoms with van der Waals surface area (Å²) in [5, 5.41) is 8.57. The van der Waals surface area contributed by atoms with Gasteiger partial charge in [0.2, 0.25) is 0 Å². The van der Waals surface area contributed by atoms with Crippen LogP contribution in [0.25, 0.3) is 0 Å². The van der Waals surface area contributed by atoms with Gasteiger partial charge in [-0.05, 0) is 31.0 Å². The van der Waals surface area contributed by atoms with E-state index in [1.165, 1.54) is 11.3 Å². The van der Waals surface area contributed by atoms with Crippen LogP contribution in [0.4, 0.5) is 10.5 Å². The van der Waals surface area contributed by atoms with Crippen molar-refractivity contribution in [3.8, 4) is 0 Å². The Morgan fingerprint density at radius 2 is 1.97 bits per heavy atom. The van der Waals surface area contributed by atoms with Gasteiger partial charge in [0, 0.05) is 56.6 Å². The maximum absolute atomic E-state index is 12.8. The molecular weight excluding hydrogens is 428 g/mol. The molecule has 30 heavy (non-hydrogen) atoms. The fraction of sp³-hybridized carbons (Fsp3) is 0.450. The normalized spacial score (nSPS) is 10.6. The number of thiazole rings is 1. The second-order valence-corrected chi connectivity index (χ2v) is 7.82. The van der Waals surface area contributed by atoms with Gasteiger partial charge < -0.3 is 25.0 Å². The Morgan fingerprint density at radius 3 is 2.70 bits per heavy atom. The molecule has 10 heteroatoms. The molecule has 2 aromatic rings. The van der Waals surface area contributed by atoms with Crippen LogP contribution in [0.15, 0.2) is 29.6 Å². The van der Waals surface area contributed by atoms with E-state index in [0.717, 1.165) is 6.42 Å². The average Bonchev–Trinajstić information content (AvgIpc) is 3.19. The van der Waals surface area contributed by atoms with Crippen molar-refractivity contribution in [3.63, 3.8) is 0 Å². The minimum Gasteiger partial charge on any atom is -0.385 e. The number of aromatic nitrogens is 1. The molecule has 3 amide bonds. The Kier molecular flexibility index (Phi) is 10.6. The number of carbonyl (C=O) groups excluding carboxylic acids is 2. The summed E-state index contributed by atoms with van der Waals surface area (Å²) in [5.74, 6) is -0.233. The molecule has 0 atom stereocenters. The Morgan fingerprint density at radius 1 is 1.20 bits per heavy atom. The largest absolute Gasteiger partial charge is 0.385 e. The van der Waals surface area contributed by atoms with E-state index in [-0.39, 0.29) is 18.5 Å². The topological polar surface area (TPSA) is 92.8 Å². The van der Waals surface area contributed by atoms with Crippen LogP contribution in [0.2, 0.25) is 5.02 Å². The zero-order valence-electron chi connectivity index (χ0n) is 17.2. The van der Waals surface area contributed by atoms with Gasteiger partial charge in [0.05, 0.1) is 6.54 Å². The third-order valence-corrected chi connectivity index (χ3v) is 5.13. The van der Waals surface area contributed by atoms with Gasteiger partial charge >= 0.3 is 6.03 Å². The fourth-order valence-electron chi connectivity index (χ4n) is 2.58. The maximum Gasteiger partial charge on any atom is 0.322 e. The number of nitrogens with one attached hydrogen (secondary N) is 2. The van der Waals surface area contributed by atoms with E-state index < -0.39 is 0 Å². The first-order chi connectivity index (χ1) is 14.5. The minimum atomic E-state index is -0.269. The van der Waals surface area contributed by atoms with Crippen LogP contribution in [-0.2, 0) is 16.0 Å². The number of ether oxygens (including phenoxy) is 2. The van der Waals surface area contributed by atoms with Crippen molar-refractivity contribution < 1.29 is 19.1 Å². The highest BCUT2D eigenvalue weighted by atomic mass is 35.5. The first kappa shape index (κ1) is 24.1. The van der Waals surface area contributed by atoms with Crippen LogP contribution in [0.1, 0.15) is 28.3 Å². The van der Waals surface area contributed by atoms with Crippen molar-refractivity contribution in [3.05, 3.63) is 45.4 Å². The molecule has 1 aromatic carbocycles. The summed E-state index contributed by atoms with van der Waals surface area (Å²) in [7, 11) is 3.24. The lowest BCUT2D eigenvalue weighted by Gasteiger charge is -2.22. The molecular formula is C20H27ClN4O4S. The van der Waals surface area contributed by atoms with E-state index in [1.54, 1.807) is 48.8 Å². The number of benzene rings is 1. The molecule has 2 N–H and O–H groups in total. The standard InChI is InChI=1S/C20H27ClN4O4S/c1-28-10-4-8-22-19(26)17-14-30-18(24-17)13-25(9-5-11-29-2)20(27)23-16-7-3-6-15(21)12-16/h3,6-7,12,14H,4-5,8-11,13H2,1-2H3,(H,22,26)(H,23,27). The Balaban J connectivity index is 1.99. The number of rotatable bonds is 12. The third-order valence-electron chi connectivity index (χ3n) is 4.06. The van der Waals surface area contributed by atoms with E-state index in [9.17, 15) is 9.59 Å². The zero-order chi connectivity index (χ0) is 21.8. The molecule has 0 aliphatic rings. The monoisotopic (exact) mass is 454 g/mol. The van der Waals surface area contributed by atoms with E-state index in [1.807, 2.05) is 0 Å². The summed E-state index contributed by atoms with van der Waals surface area (Å²) in [6, 6.07) is 6.69. The quantitative estimate of drug-likeness (QED) is 0.478. The van der Waals surface area contributed by atoms with Crippen LogP contribution >= 0.6 is 22.9 Å². The summed E-state index contributed by atoms with van der Waals surface area (Å²) < 4.78 is 10.1. The number of amides is 3. The number of anilines is 1. The van der Waals surface area contributed by atoms with Crippen molar-refractivity contribution in [1.29, 1.82) is 0 Å². The van der Waals surface area contributed by atoms with Crippen molar-refractivity contribution in [2.75, 3.05) is 45.8 Å². The lowest BCUT2D eigenvalue weighted by molar-refractivity contribution is 0.0944. The molecule has 164 valence electrons. The molecule has 1 aromatic heterocycles. The molecule has 8 nitrogen and oxygen atoms in total. The molecule has 0 unspecified atom stereocenters. The Bertz CT molecular complexity index is 818. The van der Waals surface area contributed by atoms with E-state index in [4.69, 9.17) is 21.1 Å². The van der Waals surface area contributed by atoms with Crippen molar-refractivity contribution in [2.45, 2.75) is 19.4 Å². The molecule has 0 saturated carbocycles. The summed E-state index contributed by atoms with van der Waals surface area (Å²) in [5.41, 5.74) is 0.957. The number of halogens is 1. The molecule has 0 fully saturated rings. The molecule has 0 spiro atoms. The molecule has 0 saturated heterocycles. The molecule has 0 aliphatic heterocycles. The lowest BCUT2D eigenvalue weighted by Crippen LogP contribution is -2.35. The Labute approximate surface area is 185 Å². The van der Waals surface area contributed by atoms with Gasteiger partial charge in [-0.2, -0.15) is 0 Å². The van der Waals surface area contributed by atoms with E-state index >= 15 is 0 Å². The smallest absolute Gasteiger partial charge is 0.322 e. The van der Waals surface area contributed by atoms with Crippen LogP contribution in [0.5, 0.6) is 0 Å². The molecule has 0 bridgehead atoms. The van der Waals surface area contributed by atoms with Gasteiger partial charge in [-0.15, -0.1) is 11.3 Å². The third kappa shape index (κ3) is 8.27. The van der Waals surface area contributed by atoms with Crippen LogP contribution in [0, 0.1) is 0 Å². The molecule has 1 heterocycles. The van der Waals surface area contributed by atoms with Crippen LogP contribution < -0.4 is 10.6 Å². The molecule has 2 rings (SSSR count). The predicted octanol–water partition coefficient (Wildman–Crippen LogP) is 3.63. The highest BCUT2D eigenvalue weighted by Crippen LogP contribution is 2.17. The second-order valence-electron chi connectivity index (χ2n) is 6.44. The maximum atomic E-state index is 12.8.